The number of aromatic nitrogens is 2. The van der Waals surface area contributed by atoms with Gasteiger partial charge in [0, 0.05) is 23.1 Å². The molecule has 2 aromatic rings. The molecule has 0 radical (unpaired) electrons. The first-order valence-corrected chi connectivity index (χ1v) is 7.33. The molecule has 0 aromatic carbocycles. The van der Waals surface area contributed by atoms with E-state index in [1.807, 2.05) is 30.6 Å². The Labute approximate surface area is 122 Å². The van der Waals surface area contributed by atoms with Crippen LogP contribution in [0.1, 0.15) is 30.6 Å². The van der Waals surface area contributed by atoms with Crippen molar-refractivity contribution in [3.8, 4) is 0 Å². The molecule has 1 atom stereocenters. The maximum atomic E-state index is 4.50. The van der Waals surface area contributed by atoms with Crippen LogP contribution in [0.2, 0.25) is 0 Å². The van der Waals surface area contributed by atoms with Gasteiger partial charge >= 0.3 is 0 Å². The summed E-state index contributed by atoms with van der Waals surface area (Å²) in [6.45, 7) is 3.15. The zero-order chi connectivity index (χ0) is 13.5. The third kappa shape index (κ3) is 4.11. The summed E-state index contributed by atoms with van der Waals surface area (Å²) in [5.74, 6) is 0. The lowest BCUT2D eigenvalue weighted by Gasteiger charge is -2.19. The van der Waals surface area contributed by atoms with Crippen molar-refractivity contribution < 1.29 is 0 Å². The smallest absolute Gasteiger partial charge is 0.0718 e. The molecule has 1 unspecified atom stereocenters. The summed E-state index contributed by atoms with van der Waals surface area (Å²) < 4.78 is 1.05. The second kappa shape index (κ2) is 7.36. The molecule has 2 rings (SSSR count). The molecule has 19 heavy (non-hydrogen) atoms. The first-order valence-electron chi connectivity index (χ1n) is 6.54. The maximum absolute atomic E-state index is 4.50. The molecule has 0 saturated carbocycles. The maximum Gasteiger partial charge on any atom is 0.0718 e. The van der Waals surface area contributed by atoms with Gasteiger partial charge < -0.3 is 5.32 Å². The summed E-state index contributed by atoms with van der Waals surface area (Å²) >= 11 is 3.58. The Bertz CT molecular complexity index is 502. The number of rotatable bonds is 6. The van der Waals surface area contributed by atoms with Crippen molar-refractivity contribution in [1.82, 2.24) is 15.3 Å². The van der Waals surface area contributed by atoms with E-state index in [1.54, 1.807) is 6.20 Å². The Balaban J connectivity index is 2.19. The lowest BCUT2D eigenvalue weighted by molar-refractivity contribution is 0.515. The largest absolute Gasteiger partial charge is 0.308 e. The normalized spacial score (nSPS) is 12.3. The Morgan fingerprint density at radius 3 is 2.79 bits per heavy atom. The number of nitrogens with zero attached hydrogens (tertiary/aromatic N) is 2. The van der Waals surface area contributed by atoms with E-state index in [9.17, 15) is 0 Å². The van der Waals surface area contributed by atoms with Gasteiger partial charge in [0.25, 0.3) is 0 Å². The van der Waals surface area contributed by atoms with E-state index in [-0.39, 0.29) is 6.04 Å². The van der Waals surface area contributed by atoms with Gasteiger partial charge in [0.2, 0.25) is 0 Å². The Kier molecular flexibility index (Phi) is 5.48. The molecule has 1 N–H and O–H groups in total. The monoisotopic (exact) mass is 319 g/mol. The molecule has 2 heterocycles. The molecule has 0 bridgehead atoms. The van der Waals surface area contributed by atoms with Crippen LogP contribution in [0, 0.1) is 0 Å². The fourth-order valence-corrected chi connectivity index (χ4v) is 2.52. The van der Waals surface area contributed by atoms with Gasteiger partial charge in [0.05, 0.1) is 11.7 Å². The van der Waals surface area contributed by atoms with Gasteiger partial charge in [0.1, 0.15) is 0 Å². The number of halogens is 1. The van der Waals surface area contributed by atoms with Crippen molar-refractivity contribution >= 4 is 15.9 Å². The van der Waals surface area contributed by atoms with Crippen LogP contribution in [0.4, 0.5) is 0 Å². The predicted octanol–water partition coefficient (Wildman–Crippen LogP) is 3.52. The lowest BCUT2D eigenvalue weighted by atomic mass is 10.0. The molecule has 4 heteroatoms. The summed E-state index contributed by atoms with van der Waals surface area (Å²) in [4.78, 5) is 8.67. The average molecular weight is 320 g/mol. The minimum atomic E-state index is 0.208. The van der Waals surface area contributed by atoms with Crippen LogP contribution in [0.25, 0.3) is 0 Å². The van der Waals surface area contributed by atoms with E-state index in [0.717, 1.165) is 29.6 Å². The second-order valence-corrected chi connectivity index (χ2v) is 5.30. The van der Waals surface area contributed by atoms with E-state index < -0.39 is 0 Å². The van der Waals surface area contributed by atoms with Gasteiger partial charge in [-0.2, -0.15) is 0 Å². The molecule has 3 nitrogen and oxygen atoms in total. The molecule has 2 aromatic heterocycles. The Morgan fingerprint density at radius 2 is 2.11 bits per heavy atom. The van der Waals surface area contributed by atoms with Gasteiger partial charge in [-0.1, -0.05) is 13.0 Å². The van der Waals surface area contributed by atoms with Crippen LogP contribution < -0.4 is 5.32 Å². The third-order valence-corrected chi connectivity index (χ3v) is 3.59. The summed E-state index contributed by atoms with van der Waals surface area (Å²) in [5.41, 5.74) is 2.27. The highest BCUT2D eigenvalue weighted by Crippen LogP contribution is 2.23. The number of hydrogen-bond acceptors (Lipinski definition) is 3. The number of pyridine rings is 2. The minimum absolute atomic E-state index is 0.208. The molecule has 0 aliphatic heterocycles. The van der Waals surface area contributed by atoms with Crippen LogP contribution in [0.3, 0.4) is 0 Å². The SMILES string of the molecule is CCCNC(Cc1cccnc1)c1ncccc1Br. The predicted molar refractivity (Wildman–Crippen MR) is 80.9 cm³/mol. The number of nitrogens with one attached hydrogen (secondary N) is 1. The molecule has 0 spiro atoms. The van der Waals surface area contributed by atoms with Crippen LogP contribution in [-0.2, 0) is 6.42 Å². The second-order valence-electron chi connectivity index (χ2n) is 4.44. The molecule has 0 aliphatic rings. The van der Waals surface area contributed by atoms with Gasteiger partial charge in [0.15, 0.2) is 0 Å². The first-order chi connectivity index (χ1) is 9.31. The van der Waals surface area contributed by atoms with Gasteiger partial charge in [-0.05, 0) is 59.1 Å². The molecular weight excluding hydrogens is 302 g/mol. The Hall–Kier alpha value is -1.26. The van der Waals surface area contributed by atoms with Crippen LogP contribution in [0.5, 0.6) is 0 Å². The quantitative estimate of drug-likeness (QED) is 0.885. The van der Waals surface area contributed by atoms with Crippen molar-refractivity contribution in [3.63, 3.8) is 0 Å². The van der Waals surface area contributed by atoms with Gasteiger partial charge in [-0.15, -0.1) is 0 Å². The van der Waals surface area contributed by atoms with E-state index >= 15 is 0 Å². The standard InChI is InChI=1S/C15H18BrN3/c1-2-7-18-14(10-12-5-3-8-17-11-12)15-13(16)6-4-9-19-15/h3-6,8-9,11,14,18H,2,7,10H2,1H3. The van der Waals surface area contributed by atoms with Crippen molar-refractivity contribution in [2.75, 3.05) is 6.54 Å². The van der Waals surface area contributed by atoms with E-state index in [2.05, 4.69) is 44.2 Å². The topological polar surface area (TPSA) is 37.8 Å². The zero-order valence-electron chi connectivity index (χ0n) is 11.0. The highest BCUT2D eigenvalue weighted by molar-refractivity contribution is 9.10. The summed E-state index contributed by atoms with van der Waals surface area (Å²) in [6.07, 6.45) is 7.55. The molecule has 0 amide bonds. The van der Waals surface area contributed by atoms with Crippen LogP contribution in [0.15, 0.2) is 47.3 Å². The van der Waals surface area contributed by atoms with Crippen molar-refractivity contribution in [1.29, 1.82) is 0 Å². The number of hydrogen-bond donors (Lipinski definition) is 1. The zero-order valence-corrected chi connectivity index (χ0v) is 12.6. The van der Waals surface area contributed by atoms with E-state index in [0.29, 0.717) is 0 Å². The van der Waals surface area contributed by atoms with E-state index in [1.165, 1.54) is 5.56 Å². The molecule has 0 saturated heterocycles. The summed E-state index contributed by atoms with van der Waals surface area (Å²) in [7, 11) is 0. The molecular formula is C15H18BrN3. The highest BCUT2D eigenvalue weighted by Gasteiger charge is 2.15. The van der Waals surface area contributed by atoms with Crippen LogP contribution >= 0.6 is 15.9 Å². The Morgan fingerprint density at radius 1 is 1.26 bits per heavy atom. The first kappa shape index (κ1) is 14.2. The fraction of sp³-hybridized carbons (Fsp3) is 0.333. The molecule has 0 fully saturated rings. The summed E-state index contributed by atoms with van der Waals surface area (Å²) in [5, 5.41) is 3.55. The average Bonchev–Trinajstić information content (AvgIpc) is 2.45. The molecule has 0 aliphatic carbocycles. The third-order valence-electron chi connectivity index (χ3n) is 2.92. The van der Waals surface area contributed by atoms with Crippen LogP contribution in [-0.4, -0.2) is 16.5 Å². The van der Waals surface area contributed by atoms with E-state index in [4.69, 9.17) is 0 Å². The summed E-state index contributed by atoms with van der Waals surface area (Å²) in [6, 6.07) is 8.25. The van der Waals surface area contributed by atoms with Gasteiger partial charge in [-0.3, -0.25) is 9.97 Å². The minimum Gasteiger partial charge on any atom is -0.308 e. The van der Waals surface area contributed by atoms with Crippen molar-refractivity contribution in [2.45, 2.75) is 25.8 Å². The fourth-order valence-electron chi connectivity index (χ4n) is 1.99. The van der Waals surface area contributed by atoms with Crippen molar-refractivity contribution in [2.24, 2.45) is 0 Å². The van der Waals surface area contributed by atoms with Gasteiger partial charge in [-0.25, -0.2) is 0 Å². The van der Waals surface area contributed by atoms with Crippen molar-refractivity contribution in [3.05, 3.63) is 58.6 Å². The highest BCUT2D eigenvalue weighted by atomic mass is 79.9. The molecule has 100 valence electrons. The lowest BCUT2D eigenvalue weighted by Crippen LogP contribution is -2.25.